The van der Waals surface area contributed by atoms with Crippen LogP contribution in [0.25, 0.3) is 11.1 Å². The van der Waals surface area contributed by atoms with Gasteiger partial charge >= 0.3 is 0 Å². The maximum atomic E-state index is 12.4. The van der Waals surface area contributed by atoms with Crippen LogP contribution in [0.5, 0.6) is 0 Å². The Kier molecular flexibility index (Phi) is 6.57. The molecule has 28 heavy (non-hydrogen) atoms. The van der Waals surface area contributed by atoms with E-state index in [1.54, 1.807) is 12.1 Å². The number of nitriles is 1. The largest absolute Gasteiger partial charge is 0.366 e. The molecule has 1 fully saturated rings. The third-order valence-electron chi connectivity index (χ3n) is 5.27. The van der Waals surface area contributed by atoms with Crippen molar-refractivity contribution in [3.63, 3.8) is 0 Å². The van der Waals surface area contributed by atoms with Crippen molar-refractivity contribution >= 4 is 11.7 Å². The summed E-state index contributed by atoms with van der Waals surface area (Å²) in [6.45, 7) is 0.884. The molecule has 3 rings (SSSR count). The van der Waals surface area contributed by atoms with Crippen molar-refractivity contribution in [2.45, 2.75) is 38.1 Å². The number of nitrogens with zero attached hydrogens (tertiary/aromatic N) is 1. The van der Waals surface area contributed by atoms with Gasteiger partial charge in [0.1, 0.15) is 0 Å². The minimum atomic E-state index is -0.442. The number of piperidine rings is 1. The van der Waals surface area contributed by atoms with E-state index in [2.05, 4.69) is 11.4 Å². The van der Waals surface area contributed by atoms with Crippen LogP contribution in [0.1, 0.15) is 41.6 Å². The zero-order valence-electron chi connectivity index (χ0n) is 15.9. The molecule has 1 aliphatic heterocycles. The van der Waals surface area contributed by atoms with Crippen molar-refractivity contribution in [2.24, 2.45) is 11.7 Å². The number of nitrogens with two attached hydrogens (primary N) is 1. The molecule has 2 aromatic carbocycles. The van der Waals surface area contributed by atoms with E-state index < -0.39 is 5.91 Å². The summed E-state index contributed by atoms with van der Waals surface area (Å²) >= 11 is 0. The van der Waals surface area contributed by atoms with Crippen molar-refractivity contribution < 1.29 is 9.59 Å². The van der Waals surface area contributed by atoms with Gasteiger partial charge < -0.3 is 11.1 Å². The zero-order valence-corrected chi connectivity index (χ0v) is 15.9. The van der Waals surface area contributed by atoms with E-state index in [1.807, 2.05) is 36.4 Å². The second-order valence-corrected chi connectivity index (χ2v) is 7.34. The molecule has 2 atom stereocenters. The number of rotatable bonds is 7. The highest BCUT2D eigenvalue weighted by molar-refractivity contribution is 5.93. The summed E-state index contributed by atoms with van der Waals surface area (Å²) < 4.78 is 0. The SMILES string of the molecule is N#C[C@@H](CC(=O)[C@@H]1CCCCN1)Cc1ccc(-c2ccc(C(N)=O)cc2)cc1. The molecule has 0 aromatic heterocycles. The lowest BCUT2D eigenvalue weighted by atomic mass is 9.90. The Bertz CT molecular complexity index is 860. The summed E-state index contributed by atoms with van der Waals surface area (Å²) in [4.78, 5) is 23.6. The average Bonchev–Trinajstić information content (AvgIpc) is 2.74. The molecule has 0 saturated carbocycles. The van der Waals surface area contributed by atoms with Crippen LogP contribution in [0, 0.1) is 17.2 Å². The van der Waals surface area contributed by atoms with Gasteiger partial charge in [0.25, 0.3) is 0 Å². The van der Waals surface area contributed by atoms with Gasteiger partial charge in [0.2, 0.25) is 5.91 Å². The summed E-state index contributed by atoms with van der Waals surface area (Å²) in [5.41, 5.74) is 8.80. The van der Waals surface area contributed by atoms with E-state index in [-0.39, 0.29) is 17.7 Å². The molecule has 0 aliphatic carbocycles. The molecular weight excluding hydrogens is 350 g/mol. The molecule has 144 valence electrons. The number of Topliss-reactive ketones (excluding diaryl/α,β-unsaturated/α-hetero) is 1. The predicted octanol–water partition coefficient (Wildman–Crippen LogP) is 3.24. The van der Waals surface area contributed by atoms with E-state index in [0.29, 0.717) is 18.4 Å². The minimum Gasteiger partial charge on any atom is -0.366 e. The highest BCUT2D eigenvalue weighted by atomic mass is 16.1. The third kappa shape index (κ3) is 5.05. The number of carbonyl (C=O) groups excluding carboxylic acids is 2. The number of benzene rings is 2. The highest BCUT2D eigenvalue weighted by Gasteiger charge is 2.23. The average molecular weight is 375 g/mol. The van der Waals surface area contributed by atoms with Gasteiger partial charge in [0.15, 0.2) is 5.78 Å². The fraction of sp³-hybridized carbons (Fsp3) is 0.348. The fourth-order valence-electron chi connectivity index (χ4n) is 3.62. The van der Waals surface area contributed by atoms with Gasteiger partial charge in [-0.15, -0.1) is 0 Å². The molecule has 1 amide bonds. The lowest BCUT2D eigenvalue weighted by molar-refractivity contribution is -0.122. The van der Waals surface area contributed by atoms with Gasteiger partial charge in [-0.3, -0.25) is 9.59 Å². The van der Waals surface area contributed by atoms with Crippen LogP contribution < -0.4 is 11.1 Å². The summed E-state index contributed by atoms with van der Waals surface area (Å²) in [6, 6.07) is 17.3. The Morgan fingerprint density at radius 3 is 2.25 bits per heavy atom. The number of hydrogen-bond acceptors (Lipinski definition) is 4. The first kappa shape index (κ1) is 19.8. The number of nitrogens with one attached hydrogen (secondary N) is 1. The van der Waals surface area contributed by atoms with E-state index in [4.69, 9.17) is 5.73 Å². The van der Waals surface area contributed by atoms with Crippen LogP contribution >= 0.6 is 0 Å². The normalized spacial score (nSPS) is 17.5. The van der Waals surface area contributed by atoms with Crippen molar-refractivity contribution in [2.75, 3.05) is 6.54 Å². The molecule has 3 N–H and O–H groups in total. The van der Waals surface area contributed by atoms with E-state index >= 15 is 0 Å². The van der Waals surface area contributed by atoms with Crippen molar-refractivity contribution in [1.82, 2.24) is 5.32 Å². The molecule has 0 spiro atoms. The summed E-state index contributed by atoms with van der Waals surface area (Å²) in [6.07, 6.45) is 3.92. The van der Waals surface area contributed by atoms with Gasteiger partial charge in [-0.05, 0) is 54.6 Å². The summed E-state index contributed by atoms with van der Waals surface area (Å²) in [5, 5.41) is 12.7. The predicted molar refractivity (Wildman–Crippen MR) is 108 cm³/mol. The second-order valence-electron chi connectivity index (χ2n) is 7.34. The summed E-state index contributed by atoms with van der Waals surface area (Å²) in [7, 11) is 0. The maximum absolute atomic E-state index is 12.4. The molecule has 0 radical (unpaired) electrons. The first-order chi connectivity index (χ1) is 13.6. The molecule has 1 heterocycles. The van der Waals surface area contributed by atoms with E-state index in [0.717, 1.165) is 42.5 Å². The van der Waals surface area contributed by atoms with Gasteiger partial charge in [0.05, 0.1) is 18.0 Å². The Morgan fingerprint density at radius 1 is 1.07 bits per heavy atom. The molecule has 0 unspecified atom stereocenters. The Morgan fingerprint density at radius 2 is 1.71 bits per heavy atom. The molecule has 1 saturated heterocycles. The fourth-order valence-corrected chi connectivity index (χ4v) is 3.62. The van der Waals surface area contributed by atoms with Crippen LogP contribution in [0.15, 0.2) is 48.5 Å². The van der Waals surface area contributed by atoms with E-state index in [9.17, 15) is 14.9 Å². The second kappa shape index (κ2) is 9.29. The standard InChI is InChI=1S/C23H25N3O2/c24-15-17(14-22(27)21-3-1-2-12-26-21)13-16-4-6-18(7-5-16)19-8-10-20(11-9-19)23(25)28/h4-11,17,21,26H,1-3,12-14H2,(H2,25,28)/t17-,21+/m1/s1. The molecule has 5 nitrogen and oxygen atoms in total. The number of carbonyl (C=O) groups is 2. The zero-order chi connectivity index (χ0) is 19.9. The molecule has 2 aromatic rings. The molecule has 1 aliphatic rings. The number of amides is 1. The quantitative estimate of drug-likeness (QED) is 0.776. The lowest BCUT2D eigenvalue weighted by Crippen LogP contribution is -2.41. The van der Waals surface area contributed by atoms with Crippen LogP contribution in [0.3, 0.4) is 0 Å². The lowest BCUT2D eigenvalue weighted by Gasteiger charge is -2.23. The summed E-state index contributed by atoms with van der Waals surface area (Å²) in [5.74, 6) is -0.600. The maximum Gasteiger partial charge on any atom is 0.248 e. The van der Waals surface area contributed by atoms with Crippen molar-refractivity contribution in [3.8, 4) is 17.2 Å². The van der Waals surface area contributed by atoms with Gasteiger partial charge in [-0.25, -0.2) is 0 Å². The first-order valence-corrected chi connectivity index (χ1v) is 9.71. The van der Waals surface area contributed by atoms with Crippen LogP contribution in [0.2, 0.25) is 0 Å². The monoisotopic (exact) mass is 375 g/mol. The highest BCUT2D eigenvalue weighted by Crippen LogP contribution is 2.22. The van der Waals surface area contributed by atoms with Crippen LogP contribution in [0.4, 0.5) is 0 Å². The first-order valence-electron chi connectivity index (χ1n) is 9.71. The number of primary amides is 1. The van der Waals surface area contributed by atoms with Gasteiger partial charge in [-0.2, -0.15) is 5.26 Å². The van der Waals surface area contributed by atoms with Crippen LogP contribution in [-0.2, 0) is 11.2 Å². The number of ketones is 1. The minimum absolute atomic E-state index is 0.0876. The topological polar surface area (TPSA) is 96.0 Å². The number of hydrogen-bond donors (Lipinski definition) is 2. The third-order valence-corrected chi connectivity index (χ3v) is 5.27. The molecule has 5 heteroatoms. The van der Waals surface area contributed by atoms with Gasteiger partial charge in [0, 0.05) is 12.0 Å². The Balaban J connectivity index is 1.61. The van der Waals surface area contributed by atoms with E-state index in [1.165, 1.54) is 0 Å². The smallest absolute Gasteiger partial charge is 0.248 e. The molecular formula is C23H25N3O2. The Labute approximate surface area is 165 Å². The van der Waals surface area contributed by atoms with Crippen molar-refractivity contribution in [1.29, 1.82) is 5.26 Å². The van der Waals surface area contributed by atoms with Crippen LogP contribution in [-0.4, -0.2) is 24.3 Å². The van der Waals surface area contributed by atoms with Gasteiger partial charge in [-0.1, -0.05) is 42.8 Å². The molecule has 0 bridgehead atoms. The van der Waals surface area contributed by atoms with Crippen molar-refractivity contribution in [3.05, 3.63) is 59.7 Å². The Hall–Kier alpha value is -2.97.